The van der Waals surface area contributed by atoms with Crippen LogP contribution in [0.1, 0.15) is 15.9 Å². The summed E-state index contributed by atoms with van der Waals surface area (Å²) in [6.07, 6.45) is 1.18. The molecule has 2 aromatic carbocycles. The summed E-state index contributed by atoms with van der Waals surface area (Å²) < 4.78 is 4.82. The fraction of sp³-hybridized carbons (Fsp3) is 0.0588. The fourth-order valence-electron chi connectivity index (χ4n) is 2.04. The van der Waals surface area contributed by atoms with Crippen molar-refractivity contribution in [2.45, 2.75) is 0 Å². The second kappa shape index (κ2) is 7.07. The average Bonchev–Trinajstić information content (AvgIpc) is 2.60. The van der Waals surface area contributed by atoms with Crippen LogP contribution in [0.25, 0.3) is 6.08 Å². The number of carbonyl (C=O) groups is 1. The summed E-state index contributed by atoms with van der Waals surface area (Å²) in [4.78, 5) is 22.4. The van der Waals surface area contributed by atoms with Gasteiger partial charge in [-0.3, -0.25) is 14.9 Å². The molecular formula is C17H11N2O5-. The molecule has 0 atom stereocenters. The number of allylic oxidation sites excluding steroid dienone is 1. The minimum atomic E-state index is -0.868. The first-order valence-corrected chi connectivity index (χ1v) is 6.73. The zero-order valence-electron chi connectivity index (χ0n) is 12.6. The van der Waals surface area contributed by atoms with Crippen LogP contribution in [-0.2, 0) is 0 Å². The van der Waals surface area contributed by atoms with Crippen LogP contribution in [0.15, 0.2) is 48.0 Å². The first-order valence-electron chi connectivity index (χ1n) is 6.73. The highest BCUT2D eigenvalue weighted by Gasteiger charge is 2.15. The van der Waals surface area contributed by atoms with Gasteiger partial charge in [-0.2, -0.15) is 5.26 Å². The van der Waals surface area contributed by atoms with Gasteiger partial charge in [-0.1, -0.05) is 30.3 Å². The zero-order valence-corrected chi connectivity index (χ0v) is 12.6. The largest absolute Gasteiger partial charge is 0.865 e. The number of benzene rings is 2. The van der Waals surface area contributed by atoms with Gasteiger partial charge in [0.25, 0.3) is 5.69 Å². The highest BCUT2D eigenvalue weighted by molar-refractivity contribution is 6.14. The summed E-state index contributed by atoms with van der Waals surface area (Å²) in [6.45, 7) is 0. The van der Waals surface area contributed by atoms with Gasteiger partial charge in [0, 0.05) is 17.4 Å². The van der Waals surface area contributed by atoms with Crippen LogP contribution in [0.4, 0.5) is 5.69 Å². The Labute approximate surface area is 137 Å². The van der Waals surface area contributed by atoms with E-state index in [4.69, 9.17) is 4.74 Å². The van der Waals surface area contributed by atoms with Crippen LogP contribution in [0.5, 0.6) is 11.5 Å². The number of nitro benzene ring substituents is 1. The van der Waals surface area contributed by atoms with Crippen molar-refractivity contribution in [3.63, 3.8) is 0 Å². The molecule has 0 bridgehead atoms. The van der Waals surface area contributed by atoms with E-state index >= 15 is 0 Å². The van der Waals surface area contributed by atoms with Gasteiger partial charge in [-0.15, -0.1) is 0 Å². The molecule has 2 aromatic rings. The molecule has 120 valence electrons. The van der Waals surface area contributed by atoms with E-state index in [9.17, 15) is 25.3 Å². The van der Waals surface area contributed by atoms with Crippen molar-refractivity contribution in [3.05, 3.63) is 69.3 Å². The van der Waals surface area contributed by atoms with Crippen molar-refractivity contribution in [2.75, 3.05) is 7.11 Å². The summed E-state index contributed by atoms with van der Waals surface area (Å²) in [5, 5.41) is 31.9. The zero-order chi connectivity index (χ0) is 17.7. The van der Waals surface area contributed by atoms with Crippen molar-refractivity contribution in [1.29, 1.82) is 5.26 Å². The molecule has 0 aliphatic rings. The predicted octanol–water partition coefficient (Wildman–Crippen LogP) is 2.47. The summed E-state index contributed by atoms with van der Waals surface area (Å²) in [6, 6.07) is 12.2. The van der Waals surface area contributed by atoms with Gasteiger partial charge in [0.15, 0.2) is 0 Å². The molecule has 24 heavy (non-hydrogen) atoms. The minimum absolute atomic E-state index is 0.152. The van der Waals surface area contributed by atoms with Crippen molar-refractivity contribution >= 4 is 17.5 Å². The Kier molecular flexibility index (Phi) is 4.92. The van der Waals surface area contributed by atoms with Crippen molar-refractivity contribution in [1.82, 2.24) is 0 Å². The predicted molar refractivity (Wildman–Crippen MR) is 83.5 cm³/mol. The lowest BCUT2D eigenvalue weighted by Crippen LogP contribution is -2.03. The van der Waals surface area contributed by atoms with Crippen LogP contribution >= 0.6 is 0 Å². The Hall–Kier alpha value is -3.66. The number of nitro groups is 1. The average molecular weight is 323 g/mol. The van der Waals surface area contributed by atoms with E-state index in [2.05, 4.69) is 0 Å². The molecule has 7 heteroatoms. The van der Waals surface area contributed by atoms with Crippen molar-refractivity contribution in [2.24, 2.45) is 0 Å². The van der Waals surface area contributed by atoms with E-state index in [1.165, 1.54) is 19.3 Å². The summed E-state index contributed by atoms with van der Waals surface area (Å²) >= 11 is 0. The number of nitrogens with zero attached hydrogens (tertiary/aromatic N) is 2. The molecule has 2 rings (SSSR count). The van der Waals surface area contributed by atoms with Crippen LogP contribution in [0.3, 0.4) is 0 Å². The number of ketones is 1. The molecule has 0 saturated carbocycles. The van der Waals surface area contributed by atoms with E-state index in [-0.39, 0.29) is 16.9 Å². The first-order chi connectivity index (χ1) is 11.5. The molecule has 0 amide bonds. The maximum atomic E-state index is 12.3. The molecule has 0 saturated heterocycles. The third-order valence-corrected chi connectivity index (χ3v) is 3.19. The quantitative estimate of drug-likeness (QED) is 0.274. The highest BCUT2D eigenvalue weighted by Crippen LogP contribution is 2.35. The number of carbonyl (C=O) groups excluding carboxylic acids is 1. The van der Waals surface area contributed by atoms with Crippen molar-refractivity contribution < 1.29 is 19.6 Å². The Bertz CT molecular complexity index is 867. The van der Waals surface area contributed by atoms with Crippen molar-refractivity contribution in [3.8, 4) is 17.6 Å². The van der Waals surface area contributed by atoms with E-state index in [1.807, 2.05) is 0 Å². The molecule has 0 aromatic heterocycles. The second-order valence-corrected chi connectivity index (χ2v) is 4.69. The number of hydrogen-bond donors (Lipinski definition) is 0. The number of methoxy groups -OCH3 is 1. The molecule has 0 heterocycles. The second-order valence-electron chi connectivity index (χ2n) is 4.69. The lowest BCUT2D eigenvalue weighted by molar-refractivity contribution is -0.398. The monoisotopic (exact) mass is 323 g/mol. The standard InChI is InChI=1S/C17H12N2O5/c1-24-15-9-11(8-14(17(15)21)19(22)23)7-13(10-18)16(20)12-5-3-2-4-6-12/h2-9,21H,1H3/p-1/b13-7+. The molecule has 7 nitrogen and oxygen atoms in total. The molecule has 0 spiro atoms. The maximum Gasteiger partial charge on any atom is 0.266 e. The van der Waals surface area contributed by atoms with E-state index in [0.717, 1.165) is 6.07 Å². The number of nitriles is 1. The third kappa shape index (κ3) is 3.39. The number of Topliss-reactive ketones (excluding diaryl/α,β-unsaturated/α-hetero) is 1. The van der Waals surface area contributed by atoms with E-state index < -0.39 is 22.1 Å². The van der Waals surface area contributed by atoms with E-state index in [0.29, 0.717) is 5.56 Å². The first kappa shape index (κ1) is 16.7. The summed E-state index contributed by atoms with van der Waals surface area (Å²) in [5.41, 5.74) is -0.438. The van der Waals surface area contributed by atoms with Gasteiger partial charge in [-0.25, -0.2) is 0 Å². The minimum Gasteiger partial charge on any atom is -0.865 e. The van der Waals surface area contributed by atoms with Gasteiger partial charge in [0.1, 0.15) is 17.4 Å². The normalized spacial score (nSPS) is 10.8. The van der Waals surface area contributed by atoms with Gasteiger partial charge in [0.2, 0.25) is 5.78 Å². The fourth-order valence-corrected chi connectivity index (χ4v) is 2.04. The molecule has 0 aliphatic heterocycles. The third-order valence-electron chi connectivity index (χ3n) is 3.19. The number of rotatable bonds is 5. The maximum absolute atomic E-state index is 12.3. The van der Waals surface area contributed by atoms with E-state index in [1.54, 1.807) is 36.4 Å². The van der Waals surface area contributed by atoms with Crippen LogP contribution in [-0.4, -0.2) is 17.8 Å². The van der Waals surface area contributed by atoms with Gasteiger partial charge >= 0.3 is 0 Å². The smallest absolute Gasteiger partial charge is 0.266 e. The Morgan fingerprint density at radius 2 is 1.96 bits per heavy atom. The molecular weight excluding hydrogens is 312 g/mol. The number of ether oxygens (including phenoxy) is 1. The highest BCUT2D eigenvalue weighted by atomic mass is 16.6. The molecule has 0 radical (unpaired) electrons. The van der Waals surface area contributed by atoms with Gasteiger partial charge < -0.3 is 9.84 Å². The lowest BCUT2D eigenvalue weighted by atomic mass is 10.0. The molecule has 0 fully saturated rings. The van der Waals surface area contributed by atoms with Crippen LogP contribution in [0, 0.1) is 21.4 Å². The summed E-state index contributed by atoms with van der Waals surface area (Å²) in [5.74, 6) is -1.63. The Morgan fingerprint density at radius 3 is 2.50 bits per heavy atom. The van der Waals surface area contributed by atoms with Crippen LogP contribution in [0.2, 0.25) is 0 Å². The van der Waals surface area contributed by atoms with Crippen LogP contribution < -0.4 is 9.84 Å². The van der Waals surface area contributed by atoms with Gasteiger partial charge in [0.05, 0.1) is 12.0 Å². The summed E-state index contributed by atoms with van der Waals surface area (Å²) in [7, 11) is 1.20. The molecule has 0 aliphatic carbocycles. The number of hydrogen-bond acceptors (Lipinski definition) is 6. The SMILES string of the molecule is COc1cc(/C=C(\C#N)C(=O)c2ccccc2)cc([N+](=O)[O-])c1[O-]. The Balaban J connectivity index is 2.52. The molecule has 0 unspecified atom stereocenters. The lowest BCUT2D eigenvalue weighted by Gasteiger charge is -2.13. The van der Waals surface area contributed by atoms with Gasteiger partial charge in [-0.05, 0) is 17.7 Å². The topological polar surface area (TPSA) is 116 Å². The Morgan fingerprint density at radius 1 is 1.29 bits per heavy atom. The molecule has 0 N–H and O–H groups in total.